The maximum Gasteiger partial charge on any atom is 0.308 e. The van der Waals surface area contributed by atoms with Gasteiger partial charge in [0, 0.05) is 0 Å². The highest BCUT2D eigenvalue weighted by molar-refractivity contribution is 5.69. The molecule has 2 unspecified atom stereocenters. The lowest BCUT2D eigenvalue weighted by Gasteiger charge is -2.17. The Morgan fingerprint density at radius 1 is 1.14 bits per heavy atom. The topological polar surface area (TPSA) is 66.8 Å². The fourth-order valence-electron chi connectivity index (χ4n) is 2.23. The molecule has 4 heteroatoms. The molecular weight excluding hydrogens is 268 g/mol. The Labute approximate surface area is 126 Å². The standard InChI is InChI=1S/C17H26O4/c1-3-4-5-6-7-13-8-10-14(11-9-13)17(20)15(18)12-16(19)21-2/h8-11,15,17-18,20H,3-7,12H2,1-2H3. The lowest BCUT2D eigenvalue weighted by atomic mass is 9.99. The van der Waals surface area contributed by atoms with E-state index in [4.69, 9.17) is 0 Å². The zero-order valence-electron chi connectivity index (χ0n) is 12.9. The van der Waals surface area contributed by atoms with Gasteiger partial charge in [-0.3, -0.25) is 4.79 Å². The molecule has 0 aliphatic heterocycles. The number of esters is 1. The van der Waals surface area contributed by atoms with Crippen LogP contribution in [0.5, 0.6) is 0 Å². The van der Waals surface area contributed by atoms with Crippen molar-refractivity contribution in [3.63, 3.8) is 0 Å². The van der Waals surface area contributed by atoms with Gasteiger partial charge in [0.25, 0.3) is 0 Å². The highest BCUT2D eigenvalue weighted by atomic mass is 16.5. The van der Waals surface area contributed by atoms with Crippen LogP contribution in [-0.4, -0.2) is 29.4 Å². The Hall–Kier alpha value is -1.39. The summed E-state index contributed by atoms with van der Waals surface area (Å²) in [7, 11) is 1.26. The number of ether oxygens (including phenoxy) is 1. The molecule has 1 aromatic rings. The molecule has 0 spiro atoms. The summed E-state index contributed by atoms with van der Waals surface area (Å²) in [6.07, 6.45) is 3.49. The maximum atomic E-state index is 11.1. The number of aliphatic hydroxyl groups is 2. The summed E-state index contributed by atoms with van der Waals surface area (Å²) in [5, 5.41) is 19.8. The summed E-state index contributed by atoms with van der Waals surface area (Å²) in [4.78, 5) is 11.1. The predicted octanol–water partition coefficient (Wildman–Crippen LogP) is 2.77. The van der Waals surface area contributed by atoms with Gasteiger partial charge in [0.15, 0.2) is 0 Å². The lowest BCUT2D eigenvalue weighted by molar-refractivity contribution is -0.144. The van der Waals surface area contributed by atoms with E-state index in [1.165, 1.54) is 38.4 Å². The molecule has 0 fully saturated rings. The molecule has 0 saturated carbocycles. The zero-order valence-corrected chi connectivity index (χ0v) is 12.9. The van der Waals surface area contributed by atoms with Gasteiger partial charge < -0.3 is 14.9 Å². The Morgan fingerprint density at radius 3 is 2.38 bits per heavy atom. The van der Waals surface area contributed by atoms with Crippen molar-refractivity contribution in [2.45, 2.75) is 57.7 Å². The fraction of sp³-hybridized carbons (Fsp3) is 0.588. The van der Waals surface area contributed by atoms with Crippen LogP contribution < -0.4 is 0 Å². The van der Waals surface area contributed by atoms with Crippen LogP contribution >= 0.6 is 0 Å². The lowest BCUT2D eigenvalue weighted by Crippen LogP contribution is -2.22. The van der Waals surface area contributed by atoms with Gasteiger partial charge in [-0.05, 0) is 24.0 Å². The van der Waals surface area contributed by atoms with Crippen LogP contribution in [0.25, 0.3) is 0 Å². The van der Waals surface area contributed by atoms with Crippen LogP contribution in [0.3, 0.4) is 0 Å². The maximum absolute atomic E-state index is 11.1. The molecule has 2 N–H and O–H groups in total. The Morgan fingerprint density at radius 2 is 1.81 bits per heavy atom. The van der Waals surface area contributed by atoms with Crippen molar-refractivity contribution < 1.29 is 19.7 Å². The van der Waals surface area contributed by atoms with E-state index in [-0.39, 0.29) is 6.42 Å². The summed E-state index contributed by atoms with van der Waals surface area (Å²) in [5.41, 5.74) is 1.84. The van der Waals surface area contributed by atoms with Crippen molar-refractivity contribution in [2.75, 3.05) is 7.11 Å². The second kappa shape index (κ2) is 9.53. The number of carbonyl (C=O) groups excluding carboxylic acids is 1. The molecule has 0 saturated heterocycles. The van der Waals surface area contributed by atoms with Gasteiger partial charge in [0.2, 0.25) is 0 Å². The normalized spacial score (nSPS) is 13.7. The number of aliphatic hydroxyl groups excluding tert-OH is 2. The first kappa shape index (κ1) is 17.7. The van der Waals surface area contributed by atoms with E-state index in [0.29, 0.717) is 5.56 Å². The van der Waals surface area contributed by atoms with Gasteiger partial charge in [-0.15, -0.1) is 0 Å². The summed E-state index contributed by atoms with van der Waals surface area (Å²) in [6, 6.07) is 7.55. The van der Waals surface area contributed by atoms with Crippen LogP contribution in [0.15, 0.2) is 24.3 Å². The zero-order chi connectivity index (χ0) is 15.7. The molecule has 0 radical (unpaired) electrons. The number of benzene rings is 1. The number of hydrogen-bond donors (Lipinski definition) is 2. The van der Waals surface area contributed by atoms with Crippen LogP contribution in [0.1, 0.15) is 56.3 Å². The smallest absolute Gasteiger partial charge is 0.308 e. The van der Waals surface area contributed by atoms with E-state index in [0.717, 1.165) is 6.42 Å². The summed E-state index contributed by atoms with van der Waals surface area (Å²) in [6.45, 7) is 2.19. The Bertz CT molecular complexity index is 413. The second-order valence-corrected chi connectivity index (χ2v) is 5.34. The quantitative estimate of drug-likeness (QED) is 0.543. The molecule has 0 aliphatic rings. The third-order valence-corrected chi connectivity index (χ3v) is 3.61. The second-order valence-electron chi connectivity index (χ2n) is 5.34. The van der Waals surface area contributed by atoms with Crippen molar-refractivity contribution >= 4 is 5.97 Å². The molecule has 0 bridgehead atoms. The molecule has 2 atom stereocenters. The average molecular weight is 294 g/mol. The Kier molecular flexibility index (Phi) is 8.01. The highest BCUT2D eigenvalue weighted by Gasteiger charge is 2.21. The average Bonchev–Trinajstić information content (AvgIpc) is 2.51. The minimum atomic E-state index is -1.15. The van der Waals surface area contributed by atoms with Crippen molar-refractivity contribution in [1.29, 1.82) is 0 Å². The van der Waals surface area contributed by atoms with E-state index in [1.54, 1.807) is 12.1 Å². The van der Waals surface area contributed by atoms with Gasteiger partial charge in [-0.1, -0.05) is 50.5 Å². The Balaban J connectivity index is 2.50. The largest absolute Gasteiger partial charge is 0.469 e. The molecule has 4 nitrogen and oxygen atoms in total. The van der Waals surface area contributed by atoms with E-state index >= 15 is 0 Å². The van der Waals surface area contributed by atoms with E-state index in [2.05, 4.69) is 11.7 Å². The molecule has 21 heavy (non-hydrogen) atoms. The summed E-state index contributed by atoms with van der Waals surface area (Å²) in [5.74, 6) is -0.533. The number of methoxy groups -OCH3 is 1. The van der Waals surface area contributed by atoms with Crippen LogP contribution in [0.2, 0.25) is 0 Å². The molecule has 0 aromatic heterocycles. The van der Waals surface area contributed by atoms with Gasteiger partial charge >= 0.3 is 5.97 Å². The van der Waals surface area contributed by atoms with Crippen molar-refractivity contribution in [3.05, 3.63) is 35.4 Å². The molecule has 0 aliphatic carbocycles. The van der Waals surface area contributed by atoms with Gasteiger partial charge in [-0.2, -0.15) is 0 Å². The minimum Gasteiger partial charge on any atom is -0.469 e. The molecule has 1 rings (SSSR count). The highest BCUT2D eigenvalue weighted by Crippen LogP contribution is 2.20. The monoisotopic (exact) mass is 294 g/mol. The molecule has 118 valence electrons. The number of unbranched alkanes of at least 4 members (excludes halogenated alkanes) is 3. The SMILES string of the molecule is CCCCCCc1ccc(C(O)C(O)CC(=O)OC)cc1. The van der Waals surface area contributed by atoms with E-state index in [1.807, 2.05) is 12.1 Å². The number of rotatable bonds is 9. The number of hydrogen-bond acceptors (Lipinski definition) is 4. The van der Waals surface area contributed by atoms with Crippen molar-refractivity contribution in [2.24, 2.45) is 0 Å². The summed E-state index contributed by atoms with van der Waals surface area (Å²) >= 11 is 0. The van der Waals surface area contributed by atoms with Crippen LogP contribution in [0.4, 0.5) is 0 Å². The number of aryl methyl sites for hydroxylation is 1. The first-order chi connectivity index (χ1) is 10.1. The number of carbonyl (C=O) groups is 1. The first-order valence-corrected chi connectivity index (χ1v) is 7.60. The third kappa shape index (κ3) is 6.27. The van der Waals surface area contributed by atoms with Crippen molar-refractivity contribution in [1.82, 2.24) is 0 Å². The minimum absolute atomic E-state index is 0.212. The molecule has 0 heterocycles. The van der Waals surface area contributed by atoms with Gasteiger partial charge in [0.05, 0.1) is 19.6 Å². The van der Waals surface area contributed by atoms with Crippen molar-refractivity contribution in [3.8, 4) is 0 Å². The van der Waals surface area contributed by atoms with Crippen LogP contribution in [-0.2, 0) is 16.0 Å². The third-order valence-electron chi connectivity index (χ3n) is 3.61. The predicted molar refractivity (Wildman–Crippen MR) is 81.9 cm³/mol. The molecule has 1 aromatic carbocycles. The van der Waals surface area contributed by atoms with E-state index < -0.39 is 18.2 Å². The van der Waals surface area contributed by atoms with Gasteiger partial charge in [-0.25, -0.2) is 0 Å². The fourth-order valence-corrected chi connectivity index (χ4v) is 2.23. The summed E-state index contributed by atoms with van der Waals surface area (Å²) < 4.78 is 4.48. The molecular formula is C17H26O4. The first-order valence-electron chi connectivity index (χ1n) is 7.60. The van der Waals surface area contributed by atoms with Crippen LogP contribution in [0, 0.1) is 0 Å². The molecule has 0 amide bonds. The van der Waals surface area contributed by atoms with Gasteiger partial charge in [0.1, 0.15) is 6.10 Å². The van der Waals surface area contributed by atoms with E-state index in [9.17, 15) is 15.0 Å².